The van der Waals surface area contributed by atoms with E-state index >= 15 is 0 Å². The van der Waals surface area contributed by atoms with Crippen LogP contribution in [-0.2, 0) is 6.42 Å². The Morgan fingerprint density at radius 1 is 1.20 bits per heavy atom. The highest BCUT2D eigenvalue weighted by molar-refractivity contribution is 6.30. The topological polar surface area (TPSA) is 47.3 Å². The first-order chi connectivity index (χ1) is 9.67. The van der Waals surface area contributed by atoms with Gasteiger partial charge in [-0.15, -0.1) is 0 Å². The second-order valence-electron chi connectivity index (χ2n) is 4.47. The Kier molecular flexibility index (Phi) is 5.35. The van der Waals surface area contributed by atoms with Crippen molar-refractivity contribution in [3.63, 3.8) is 0 Å². The quantitative estimate of drug-likeness (QED) is 0.636. The first kappa shape index (κ1) is 14.8. The molecule has 0 saturated heterocycles. The fourth-order valence-corrected chi connectivity index (χ4v) is 2.05. The van der Waals surface area contributed by atoms with Crippen LogP contribution in [0, 0.1) is 5.82 Å². The van der Waals surface area contributed by atoms with Gasteiger partial charge in [0, 0.05) is 5.02 Å². The molecule has 0 spiro atoms. The van der Waals surface area contributed by atoms with E-state index < -0.39 is 0 Å². The average Bonchev–Trinajstić information content (AvgIpc) is 2.43. The molecule has 20 heavy (non-hydrogen) atoms. The molecule has 0 aliphatic heterocycles. The number of hydrogen-bond acceptors (Lipinski definition) is 3. The first-order valence-electron chi connectivity index (χ1n) is 6.26. The molecule has 0 amide bonds. The second-order valence-corrected chi connectivity index (χ2v) is 4.90. The van der Waals surface area contributed by atoms with Crippen molar-refractivity contribution in [3.8, 4) is 5.75 Å². The number of hydrogen-bond donors (Lipinski definition) is 2. The summed E-state index contributed by atoms with van der Waals surface area (Å²) in [5, 5.41) is 0.616. The number of ether oxygens (including phenoxy) is 1. The van der Waals surface area contributed by atoms with Crippen molar-refractivity contribution in [2.24, 2.45) is 5.84 Å². The van der Waals surface area contributed by atoms with Gasteiger partial charge in [0.1, 0.15) is 18.2 Å². The highest BCUT2D eigenvalue weighted by Crippen LogP contribution is 2.17. The molecule has 0 aliphatic rings. The molecule has 2 aromatic rings. The summed E-state index contributed by atoms with van der Waals surface area (Å²) in [6, 6.07) is 13.5. The fourth-order valence-electron chi connectivity index (χ4n) is 1.87. The lowest BCUT2D eigenvalue weighted by Gasteiger charge is -2.17. The minimum atomic E-state index is -0.256. The third kappa shape index (κ3) is 4.49. The van der Waals surface area contributed by atoms with E-state index in [0.29, 0.717) is 23.8 Å². The van der Waals surface area contributed by atoms with Crippen LogP contribution in [0.3, 0.4) is 0 Å². The number of benzene rings is 2. The van der Waals surface area contributed by atoms with Crippen LogP contribution in [0.15, 0.2) is 48.5 Å². The van der Waals surface area contributed by atoms with Gasteiger partial charge in [-0.1, -0.05) is 29.8 Å². The van der Waals surface area contributed by atoms with Gasteiger partial charge >= 0.3 is 0 Å². The molecule has 2 rings (SSSR count). The molecule has 1 unspecified atom stereocenters. The molecule has 0 heterocycles. The van der Waals surface area contributed by atoms with Gasteiger partial charge in [0.05, 0.1) is 6.04 Å². The Morgan fingerprint density at radius 3 is 2.70 bits per heavy atom. The van der Waals surface area contributed by atoms with Crippen molar-refractivity contribution in [2.45, 2.75) is 12.5 Å². The lowest BCUT2D eigenvalue weighted by Crippen LogP contribution is -2.41. The summed E-state index contributed by atoms with van der Waals surface area (Å²) in [6.07, 6.45) is 0.578. The summed E-state index contributed by atoms with van der Waals surface area (Å²) in [7, 11) is 0. The van der Waals surface area contributed by atoms with Crippen LogP contribution in [0.1, 0.15) is 5.56 Å². The van der Waals surface area contributed by atoms with E-state index in [4.69, 9.17) is 22.2 Å². The van der Waals surface area contributed by atoms with Gasteiger partial charge < -0.3 is 4.74 Å². The molecule has 2 aromatic carbocycles. The summed E-state index contributed by atoms with van der Waals surface area (Å²) in [6.45, 7) is 0.368. The van der Waals surface area contributed by atoms with Crippen molar-refractivity contribution in [1.29, 1.82) is 0 Å². The zero-order valence-electron chi connectivity index (χ0n) is 10.9. The number of nitrogens with one attached hydrogen (secondary N) is 1. The maximum Gasteiger partial charge on any atom is 0.123 e. The zero-order valence-corrected chi connectivity index (χ0v) is 11.6. The van der Waals surface area contributed by atoms with Crippen LogP contribution in [0.2, 0.25) is 5.02 Å². The molecule has 3 N–H and O–H groups in total. The van der Waals surface area contributed by atoms with Crippen LogP contribution in [0.4, 0.5) is 4.39 Å². The first-order valence-corrected chi connectivity index (χ1v) is 6.64. The van der Waals surface area contributed by atoms with Gasteiger partial charge in [-0.3, -0.25) is 11.3 Å². The van der Waals surface area contributed by atoms with Gasteiger partial charge in [-0.05, 0) is 42.3 Å². The fraction of sp³-hybridized carbons (Fsp3) is 0.200. The van der Waals surface area contributed by atoms with Gasteiger partial charge in [0.2, 0.25) is 0 Å². The lowest BCUT2D eigenvalue weighted by molar-refractivity contribution is 0.264. The minimum Gasteiger partial charge on any atom is -0.492 e. The molecule has 0 saturated carbocycles. The Balaban J connectivity index is 1.92. The summed E-state index contributed by atoms with van der Waals surface area (Å²) >= 11 is 5.88. The molecular weight excluding hydrogens is 279 g/mol. The van der Waals surface area contributed by atoms with Crippen LogP contribution < -0.4 is 16.0 Å². The molecule has 1 atom stereocenters. The normalized spacial score (nSPS) is 12.2. The summed E-state index contributed by atoms with van der Waals surface area (Å²) in [5.74, 6) is 5.93. The molecule has 3 nitrogen and oxygen atoms in total. The van der Waals surface area contributed by atoms with Gasteiger partial charge in [0.25, 0.3) is 0 Å². The smallest absolute Gasteiger partial charge is 0.123 e. The average molecular weight is 295 g/mol. The number of halogens is 2. The van der Waals surface area contributed by atoms with E-state index in [1.165, 1.54) is 12.1 Å². The van der Waals surface area contributed by atoms with Crippen LogP contribution >= 0.6 is 11.6 Å². The highest BCUT2D eigenvalue weighted by Gasteiger charge is 2.09. The van der Waals surface area contributed by atoms with E-state index in [-0.39, 0.29) is 11.9 Å². The predicted molar refractivity (Wildman–Crippen MR) is 78.2 cm³/mol. The predicted octanol–water partition coefficient (Wildman–Crippen LogP) is 2.93. The van der Waals surface area contributed by atoms with Crippen molar-refractivity contribution in [2.75, 3.05) is 6.61 Å². The molecule has 0 bridgehead atoms. The third-order valence-electron chi connectivity index (χ3n) is 2.85. The standard InChI is InChI=1S/C15H16ClFN2O/c16-12-4-2-6-15(9-12)20-10-14(19-18)8-11-3-1-5-13(17)7-11/h1-7,9,14,19H,8,10,18H2. The van der Waals surface area contributed by atoms with Crippen molar-refractivity contribution >= 4 is 11.6 Å². The SMILES string of the molecule is NNC(COc1cccc(Cl)c1)Cc1cccc(F)c1. The number of nitrogens with two attached hydrogens (primary N) is 1. The third-order valence-corrected chi connectivity index (χ3v) is 3.09. The molecular formula is C15H16ClFN2O. The van der Waals surface area contributed by atoms with Gasteiger partial charge in [-0.2, -0.15) is 0 Å². The molecule has 0 fully saturated rings. The second kappa shape index (κ2) is 7.24. The molecule has 106 valence electrons. The van der Waals surface area contributed by atoms with Crippen LogP contribution in [-0.4, -0.2) is 12.6 Å². The van der Waals surface area contributed by atoms with Crippen molar-refractivity contribution < 1.29 is 9.13 Å². The van der Waals surface area contributed by atoms with Crippen LogP contribution in [0.5, 0.6) is 5.75 Å². The van der Waals surface area contributed by atoms with E-state index in [1.807, 2.05) is 18.2 Å². The number of rotatable bonds is 6. The molecule has 0 aromatic heterocycles. The van der Waals surface area contributed by atoms with Gasteiger partial charge in [-0.25, -0.2) is 4.39 Å². The Bertz CT molecular complexity index is 565. The van der Waals surface area contributed by atoms with Gasteiger partial charge in [0.15, 0.2) is 0 Å². The largest absolute Gasteiger partial charge is 0.492 e. The van der Waals surface area contributed by atoms with Crippen molar-refractivity contribution in [1.82, 2.24) is 5.43 Å². The summed E-state index contributed by atoms with van der Waals surface area (Å²) in [5.41, 5.74) is 3.54. The zero-order chi connectivity index (χ0) is 14.4. The summed E-state index contributed by atoms with van der Waals surface area (Å²) < 4.78 is 18.7. The molecule has 5 heteroatoms. The lowest BCUT2D eigenvalue weighted by atomic mass is 10.1. The molecule has 0 aliphatic carbocycles. The number of hydrazine groups is 1. The monoisotopic (exact) mass is 294 g/mol. The summed E-state index contributed by atoms with van der Waals surface area (Å²) in [4.78, 5) is 0. The van der Waals surface area contributed by atoms with Crippen molar-refractivity contribution in [3.05, 3.63) is 64.9 Å². The Hall–Kier alpha value is -1.62. The van der Waals surface area contributed by atoms with E-state index in [0.717, 1.165) is 5.56 Å². The van der Waals surface area contributed by atoms with Crippen LogP contribution in [0.25, 0.3) is 0 Å². The molecule has 0 radical (unpaired) electrons. The van der Waals surface area contributed by atoms with E-state index in [9.17, 15) is 4.39 Å². The minimum absolute atomic E-state index is 0.115. The Morgan fingerprint density at radius 2 is 2.00 bits per heavy atom. The maximum atomic E-state index is 13.1. The van der Waals surface area contributed by atoms with E-state index in [1.54, 1.807) is 18.2 Å². The van der Waals surface area contributed by atoms with E-state index in [2.05, 4.69) is 5.43 Å². The highest BCUT2D eigenvalue weighted by atomic mass is 35.5. The maximum absolute atomic E-state index is 13.1. The Labute approximate surface area is 122 Å².